The third-order valence-electron chi connectivity index (χ3n) is 4.02. The molecule has 6 nitrogen and oxygen atoms in total. The predicted molar refractivity (Wildman–Crippen MR) is 78.8 cm³/mol. The molecule has 0 aliphatic carbocycles. The molecule has 21 heavy (non-hydrogen) atoms. The van der Waals surface area contributed by atoms with Crippen LogP contribution in [-0.4, -0.2) is 46.5 Å². The van der Waals surface area contributed by atoms with E-state index < -0.39 is 0 Å². The minimum Gasteiger partial charge on any atom is -0.357 e. The van der Waals surface area contributed by atoms with Gasteiger partial charge in [-0.25, -0.2) is 0 Å². The molecule has 2 N–H and O–H groups in total. The Labute approximate surface area is 122 Å². The fourth-order valence-electron chi connectivity index (χ4n) is 2.92. The summed E-state index contributed by atoms with van der Waals surface area (Å²) in [6.07, 6.45) is 4.30. The Morgan fingerprint density at radius 3 is 3.05 bits per heavy atom. The van der Waals surface area contributed by atoms with Crippen LogP contribution in [0.15, 0.2) is 24.4 Å². The second kappa shape index (κ2) is 5.55. The van der Waals surface area contributed by atoms with Crippen LogP contribution in [0.4, 0.5) is 0 Å². The van der Waals surface area contributed by atoms with E-state index in [2.05, 4.69) is 15.5 Å². The van der Waals surface area contributed by atoms with Crippen molar-refractivity contribution in [3.8, 4) is 0 Å². The predicted octanol–water partition coefficient (Wildman–Crippen LogP) is 1.30. The summed E-state index contributed by atoms with van der Waals surface area (Å²) in [5, 5.41) is 10.4. The Morgan fingerprint density at radius 2 is 2.24 bits per heavy atom. The number of hydrogen-bond acceptors (Lipinski definition) is 3. The van der Waals surface area contributed by atoms with E-state index in [-0.39, 0.29) is 17.9 Å². The molecular weight excluding hydrogens is 268 g/mol. The number of nitrogens with zero attached hydrogens (tertiary/aromatic N) is 2. The minimum atomic E-state index is -0.380. The number of likely N-dealkylation sites (N-methyl/N-ethyl adjacent to an activating group) is 1. The zero-order valence-corrected chi connectivity index (χ0v) is 11.9. The summed E-state index contributed by atoms with van der Waals surface area (Å²) in [4.78, 5) is 26.5. The average molecular weight is 286 g/mol. The highest BCUT2D eigenvalue weighted by molar-refractivity contribution is 6.06. The normalized spacial score (nSPS) is 18.7. The molecular formula is C15H18N4O2. The van der Waals surface area contributed by atoms with Gasteiger partial charge in [0.25, 0.3) is 5.91 Å². The lowest BCUT2D eigenvalue weighted by Gasteiger charge is -2.34. The van der Waals surface area contributed by atoms with Crippen molar-refractivity contribution in [1.29, 1.82) is 0 Å². The number of amides is 2. The molecule has 0 spiro atoms. The lowest BCUT2D eigenvalue weighted by Crippen LogP contribution is -2.51. The Morgan fingerprint density at radius 1 is 1.38 bits per heavy atom. The number of carbonyl (C=O) groups excluding carboxylic acids is 2. The molecule has 110 valence electrons. The van der Waals surface area contributed by atoms with Crippen molar-refractivity contribution in [1.82, 2.24) is 20.4 Å². The Hall–Kier alpha value is -2.37. The lowest BCUT2D eigenvalue weighted by atomic mass is 9.99. The summed E-state index contributed by atoms with van der Waals surface area (Å²) in [6.45, 7) is 0.613. The first-order chi connectivity index (χ1) is 10.2. The van der Waals surface area contributed by atoms with Gasteiger partial charge in [0.2, 0.25) is 5.91 Å². The molecule has 1 aromatic carbocycles. The van der Waals surface area contributed by atoms with Crippen molar-refractivity contribution in [2.45, 2.75) is 25.3 Å². The van der Waals surface area contributed by atoms with E-state index in [1.165, 1.54) is 0 Å². The molecule has 6 heteroatoms. The van der Waals surface area contributed by atoms with Crippen molar-refractivity contribution in [2.75, 3.05) is 13.6 Å². The summed E-state index contributed by atoms with van der Waals surface area (Å²) < 4.78 is 0. The van der Waals surface area contributed by atoms with Crippen molar-refractivity contribution in [3.05, 3.63) is 30.0 Å². The molecule has 1 fully saturated rings. The largest absolute Gasteiger partial charge is 0.357 e. The van der Waals surface area contributed by atoms with Crippen molar-refractivity contribution >= 4 is 22.7 Å². The Balaban J connectivity index is 1.96. The number of aromatic nitrogens is 2. The van der Waals surface area contributed by atoms with Gasteiger partial charge in [-0.15, -0.1) is 0 Å². The quantitative estimate of drug-likeness (QED) is 0.873. The molecule has 2 aromatic rings. The molecule has 2 amide bonds. The number of H-pyrrole nitrogens is 1. The molecule has 2 heterocycles. The summed E-state index contributed by atoms with van der Waals surface area (Å²) in [5.74, 6) is -0.210. The van der Waals surface area contributed by atoms with Gasteiger partial charge in [0.1, 0.15) is 6.04 Å². The van der Waals surface area contributed by atoms with Gasteiger partial charge < -0.3 is 10.2 Å². The van der Waals surface area contributed by atoms with E-state index >= 15 is 0 Å². The number of carbonyl (C=O) groups is 2. The van der Waals surface area contributed by atoms with Gasteiger partial charge in [0, 0.05) is 19.0 Å². The first kappa shape index (κ1) is 13.6. The molecule has 1 aromatic heterocycles. The van der Waals surface area contributed by atoms with Crippen molar-refractivity contribution in [3.63, 3.8) is 0 Å². The van der Waals surface area contributed by atoms with Crippen LogP contribution in [0.5, 0.6) is 0 Å². The van der Waals surface area contributed by atoms with Gasteiger partial charge in [-0.3, -0.25) is 14.7 Å². The van der Waals surface area contributed by atoms with Crippen LogP contribution >= 0.6 is 0 Å². The molecule has 1 aliphatic heterocycles. The van der Waals surface area contributed by atoms with Gasteiger partial charge in [-0.1, -0.05) is 12.1 Å². The fraction of sp³-hybridized carbons (Fsp3) is 0.400. The number of benzene rings is 1. The number of fused-ring (bicyclic) bond motifs is 1. The van der Waals surface area contributed by atoms with Crippen LogP contribution in [-0.2, 0) is 4.79 Å². The number of aromatic amines is 1. The topological polar surface area (TPSA) is 78.1 Å². The number of para-hydroxylation sites is 1. The highest BCUT2D eigenvalue weighted by Crippen LogP contribution is 2.23. The van der Waals surface area contributed by atoms with E-state index in [4.69, 9.17) is 0 Å². The van der Waals surface area contributed by atoms with Gasteiger partial charge in [-0.05, 0) is 25.3 Å². The number of likely N-dealkylation sites (tertiary alicyclic amines) is 1. The van der Waals surface area contributed by atoms with Crippen molar-refractivity contribution < 1.29 is 9.59 Å². The van der Waals surface area contributed by atoms with Crippen LogP contribution in [0.3, 0.4) is 0 Å². The molecule has 1 atom stereocenters. The molecule has 1 unspecified atom stereocenters. The van der Waals surface area contributed by atoms with Crippen LogP contribution in [0, 0.1) is 0 Å². The van der Waals surface area contributed by atoms with E-state index in [1.54, 1.807) is 24.2 Å². The maximum atomic E-state index is 12.8. The highest BCUT2D eigenvalue weighted by Gasteiger charge is 2.32. The third kappa shape index (κ3) is 2.37. The number of piperidine rings is 1. The second-order valence-electron chi connectivity index (χ2n) is 5.26. The standard InChI is InChI=1S/C15H18N4O2/c1-16-14(20)12-7-2-3-8-19(12)15(21)11-6-4-5-10-9-17-18-13(10)11/h4-6,9,12H,2-3,7-8H2,1H3,(H,16,20)(H,17,18). The smallest absolute Gasteiger partial charge is 0.256 e. The monoisotopic (exact) mass is 286 g/mol. The van der Waals surface area contributed by atoms with Crippen LogP contribution in [0.1, 0.15) is 29.6 Å². The lowest BCUT2D eigenvalue weighted by molar-refractivity contribution is -0.126. The van der Waals surface area contributed by atoms with Gasteiger partial charge in [0.15, 0.2) is 0 Å². The van der Waals surface area contributed by atoms with E-state index in [0.717, 1.165) is 23.7 Å². The van der Waals surface area contributed by atoms with E-state index in [1.807, 2.05) is 12.1 Å². The number of rotatable bonds is 2. The molecule has 0 bridgehead atoms. The summed E-state index contributed by atoms with van der Waals surface area (Å²) >= 11 is 0. The van der Waals surface area contributed by atoms with E-state index in [0.29, 0.717) is 18.5 Å². The molecule has 0 saturated carbocycles. The summed E-state index contributed by atoms with van der Waals surface area (Å²) in [5.41, 5.74) is 1.30. The molecule has 3 rings (SSSR count). The number of hydrogen-bond donors (Lipinski definition) is 2. The third-order valence-corrected chi connectivity index (χ3v) is 4.02. The first-order valence-corrected chi connectivity index (χ1v) is 7.17. The second-order valence-corrected chi connectivity index (χ2v) is 5.26. The van der Waals surface area contributed by atoms with Crippen LogP contribution < -0.4 is 5.32 Å². The molecule has 1 saturated heterocycles. The van der Waals surface area contributed by atoms with Gasteiger partial charge >= 0.3 is 0 Å². The number of nitrogens with one attached hydrogen (secondary N) is 2. The first-order valence-electron chi connectivity index (χ1n) is 7.17. The van der Waals surface area contributed by atoms with E-state index in [9.17, 15) is 9.59 Å². The zero-order valence-electron chi connectivity index (χ0n) is 11.9. The summed E-state index contributed by atoms with van der Waals surface area (Å²) in [7, 11) is 1.61. The van der Waals surface area contributed by atoms with Crippen LogP contribution in [0.2, 0.25) is 0 Å². The fourth-order valence-corrected chi connectivity index (χ4v) is 2.92. The minimum absolute atomic E-state index is 0.0974. The average Bonchev–Trinajstić information content (AvgIpc) is 3.02. The molecule has 1 aliphatic rings. The Bertz CT molecular complexity index is 679. The zero-order chi connectivity index (χ0) is 14.8. The maximum absolute atomic E-state index is 12.8. The summed E-state index contributed by atoms with van der Waals surface area (Å²) in [6, 6.07) is 5.14. The molecule has 0 radical (unpaired) electrons. The van der Waals surface area contributed by atoms with Crippen molar-refractivity contribution in [2.24, 2.45) is 0 Å². The van der Waals surface area contributed by atoms with Gasteiger partial charge in [0.05, 0.1) is 17.3 Å². The highest BCUT2D eigenvalue weighted by atomic mass is 16.2. The van der Waals surface area contributed by atoms with Crippen LogP contribution in [0.25, 0.3) is 10.9 Å². The van der Waals surface area contributed by atoms with Gasteiger partial charge in [-0.2, -0.15) is 5.10 Å². The SMILES string of the molecule is CNC(=O)C1CCCCN1C(=O)c1cccc2cn[nH]c12. The Kier molecular flexibility index (Phi) is 3.60. The maximum Gasteiger partial charge on any atom is 0.256 e.